The summed E-state index contributed by atoms with van der Waals surface area (Å²) >= 11 is 0. The first kappa shape index (κ1) is 25.0. The van der Waals surface area contributed by atoms with Gasteiger partial charge in [0.05, 0.1) is 24.6 Å². The van der Waals surface area contributed by atoms with E-state index in [1.807, 2.05) is 18.2 Å². The number of aromatic nitrogens is 2. The van der Waals surface area contributed by atoms with Crippen LogP contribution >= 0.6 is 0 Å². The van der Waals surface area contributed by atoms with Gasteiger partial charge in [-0.15, -0.1) is 0 Å². The fraction of sp³-hybridized carbons (Fsp3) is 0.156. The number of benzene rings is 4. The number of ether oxygens (including phenoxy) is 1. The molecule has 1 N–H and O–H groups in total. The van der Waals surface area contributed by atoms with Crippen molar-refractivity contribution in [1.82, 2.24) is 9.55 Å². The van der Waals surface area contributed by atoms with Gasteiger partial charge >= 0.3 is 0 Å². The van der Waals surface area contributed by atoms with Crippen molar-refractivity contribution < 1.29 is 9.53 Å². The molecule has 0 unspecified atom stereocenters. The minimum atomic E-state index is -0.263. The molecule has 190 valence electrons. The highest BCUT2D eigenvalue weighted by Gasteiger charge is 2.14. The Morgan fingerprint density at radius 2 is 1.61 bits per heavy atom. The lowest BCUT2D eigenvalue weighted by molar-refractivity contribution is 0.102. The van der Waals surface area contributed by atoms with E-state index in [-0.39, 0.29) is 11.5 Å². The monoisotopic (exact) mass is 503 g/mol. The Labute approximate surface area is 221 Å². The van der Waals surface area contributed by atoms with Crippen molar-refractivity contribution in [3.63, 3.8) is 0 Å². The van der Waals surface area contributed by atoms with E-state index in [1.165, 1.54) is 0 Å². The molecule has 5 aromatic rings. The topological polar surface area (TPSA) is 73.2 Å². The Morgan fingerprint density at radius 3 is 2.29 bits per heavy atom. The Morgan fingerprint density at radius 1 is 0.895 bits per heavy atom. The Bertz CT molecular complexity index is 1620. The molecule has 0 spiro atoms. The molecule has 0 bridgehead atoms. The largest absolute Gasteiger partial charge is 0.497 e. The molecule has 6 nitrogen and oxygen atoms in total. The van der Waals surface area contributed by atoms with E-state index in [4.69, 9.17) is 9.72 Å². The quantitative estimate of drug-likeness (QED) is 0.269. The van der Waals surface area contributed by atoms with Gasteiger partial charge in [-0.1, -0.05) is 61.5 Å². The lowest BCUT2D eigenvalue weighted by Gasteiger charge is -2.14. The molecule has 0 radical (unpaired) electrons. The number of nitrogens with one attached hydrogen (secondary N) is 1. The number of methoxy groups -OCH3 is 1. The molecule has 38 heavy (non-hydrogen) atoms. The van der Waals surface area contributed by atoms with Crippen molar-refractivity contribution in [1.29, 1.82) is 0 Å². The number of aryl methyl sites for hydroxylation is 1. The van der Waals surface area contributed by atoms with Crippen LogP contribution in [0.15, 0.2) is 102 Å². The molecular weight excluding hydrogens is 474 g/mol. The predicted octanol–water partition coefficient (Wildman–Crippen LogP) is 6.33. The van der Waals surface area contributed by atoms with E-state index in [0.717, 1.165) is 28.9 Å². The van der Waals surface area contributed by atoms with Gasteiger partial charge in [0.15, 0.2) is 0 Å². The number of amides is 1. The minimum absolute atomic E-state index is 0.119. The second-order valence-corrected chi connectivity index (χ2v) is 9.15. The first-order chi connectivity index (χ1) is 18.6. The molecule has 1 heterocycles. The Hall–Kier alpha value is -4.71. The summed E-state index contributed by atoms with van der Waals surface area (Å²) in [5.74, 6) is 1.17. The number of fused-ring (bicyclic) bond motifs is 1. The van der Waals surface area contributed by atoms with Gasteiger partial charge in [-0.2, -0.15) is 0 Å². The number of nitrogens with zero attached hydrogens (tertiary/aromatic N) is 2. The molecule has 0 atom stereocenters. The second kappa shape index (κ2) is 11.1. The van der Waals surface area contributed by atoms with E-state index >= 15 is 0 Å². The third-order valence-electron chi connectivity index (χ3n) is 6.52. The maximum Gasteiger partial charge on any atom is 0.261 e. The van der Waals surface area contributed by atoms with E-state index in [0.29, 0.717) is 40.9 Å². The van der Waals surface area contributed by atoms with Crippen LogP contribution < -0.4 is 15.6 Å². The number of anilines is 1. The molecule has 4 aromatic carbocycles. The van der Waals surface area contributed by atoms with Crippen LogP contribution in [0.3, 0.4) is 0 Å². The molecule has 0 saturated heterocycles. The van der Waals surface area contributed by atoms with Crippen LogP contribution in [-0.2, 0) is 13.0 Å². The first-order valence-corrected chi connectivity index (χ1v) is 12.7. The van der Waals surface area contributed by atoms with Crippen molar-refractivity contribution in [3.8, 4) is 16.9 Å². The Kier molecular flexibility index (Phi) is 7.31. The maximum atomic E-state index is 13.7. The van der Waals surface area contributed by atoms with Crippen LogP contribution in [0.5, 0.6) is 5.75 Å². The molecule has 6 heteroatoms. The van der Waals surface area contributed by atoms with Gasteiger partial charge < -0.3 is 10.1 Å². The molecular formula is C32H29N3O3. The fourth-order valence-corrected chi connectivity index (χ4v) is 4.48. The van der Waals surface area contributed by atoms with Crippen LogP contribution in [0.25, 0.3) is 22.0 Å². The molecule has 0 aliphatic carbocycles. The third kappa shape index (κ3) is 5.34. The zero-order valence-electron chi connectivity index (χ0n) is 21.5. The standard InChI is InChI=1S/C32H29N3O3/c1-3-7-30-34-29-19-16-26(33-31(36)25-14-17-27(38-2)18-15-25)20-28(29)32(37)35(30)21-22-10-12-24(13-11-22)23-8-5-4-6-9-23/h4-6,8-20H,3,7,21H2,1-2H3,(H,33,36). The fourth-order valence-electron chi connectivity index (χ4n) is 4.48. The maximum absolute atomic E-state index is 13.7. The van der Waals surface area contributed by atoms with Crippen LogP contribution in [0.4, 0.5) is 5.69 Å². The van der Waals surface area contributed by atoms with Crippen molar-refractivity contribution in [3.05, 3.63) is 124 Å². The van der Waals surface area contributed by atoms with Crippen molar-refractivity contribution >= 4 is 22.5 Å². The SMILES string of the molecule is CCCc1nc2ccc(NC(=O)c3ccc(OC)cc3)cc2c(=O)n1Cc1ccc(-c2ccccc2)cc1. The zero-order valence-corrected chi connectivity index (χ0v) is 21.5. The van der Waals surface area contributed by atoms with Crippen LogP contribution in [0, 0.1) is 0 Å². The minimum Gasteiger partial charge on any atom is -0.497 e. The number of hydrogen-bond acceptors (Lipinski definition) is 4. The van der Waals surface area contributed by atoms with Gasteiger partial charge in [0.25, 0.3) is 11.5 Å². The highest BCUT2D eigenvalue weighted by atomic mass is 16.5. The average molecular weight is 504 g/mol. The third-order valence-corrected chi connectivity index (χ3v) is 6.52. The molecule has 5 rings (SSSR count). The summed E-state index contributed by atoms with van der Waals surface area (Å²) in [5.41, 5.74) is 4.85. The summed E-state index contributed by atoms with van der Waals surface area (Å²) in [5, 5.41) is 3.36. The normalized spacial score (nSPS) is 10.9. The zero-order chi connectivity index (χ0) is 26.5. The highest BCUT2D eigenvalue weighted by Crippen LogP contribution is 2.21. The highest BCUT2D eigenvalue weighted by molar-refractivity contribution is 6.05. The molecule has 1 amide bonds. The van der Waals surface area contributed by atoms with Gasteiger partial charge in [-0.25, -0.2) is 4.98 Å². The van der Waals surface area contributed by atoms with Gasteiger partial charge in [0.2, 0.25) is 0 Å². The van der Waals surface area contributed by atoms with Crippen LogP contribution in [-0.4, -0.2) is 22.6 Å². The lowest BCUT2D eigenvalue weighted by atomic mass is 10.0. The number of carbonyl (C=O) groups excluding carboxylic acids is 1. The van der Waals surface area contributed by atoms with Crippen molar-refractivity contribution in [2.45, 2.75) is 26.3 Å². The number of hydrogen-bond donors (Lipinski definition) is 1. The first-order valence-electron chi connectivity index (χ1n) is 12.7. The smallest absolute Gasteiger partial charge is 0.261 e. The van der Waals surface area contributed by atoms with E-state index in [1.54, 1.807) is 54.1 Å². The van der Waals surface area contributed by atoms with Crippen LogP contribution in [0.2, 0.25) is 0 Å². The summed E-state index contributed by atoms with van der Waals surface area (Å²) in [7, 11) is 1.58. The van der Waals surface area contributed by atoms with Gasteiger partial charge in [0, 0.05) is 17.7 Å². The van der Waals surface area contributed by atoms with Crippen molar-refractivity contribution in [2.75, 3.05) is 12.4 Å². The predicted molar refractivity (Wildman–Crippen MR) is 152 cm³/mol. The number of rotatable bonds is 8. The van der Waals surface area contributed by atoms with Crippen molar-refractivity contribution in [2.24, 2.45) is 0 Å². The average Bonchev–Trinajstić information content (AvgIpc) is 2.96. The van der Waals surface area contributed by atoms with E-state index in [9.17, 15) is 9.59 Å². The summed E-state index contributed by atoms with van der Waals surface area (Å²) in [6.45, 7) is 2.50. The summed E-state index contributed by atoms with van der Waals surface area (Å²) in [6, 6.07) is 30.6. The lowest BCUT2D eigenvalue weighted by Crippen LogP contribution is -2.26. The van der Waals surface area contributed by atoms with Gasteiger partial charge in [-0.3, -0.25) is 14.2 Å². The molecule has 0 aliphatic rings. The molecule has 0 saturated carbocycles. The van der Waals surface area contributed by atoms with Gasteiger partial charge in [0.1, 0.15) is 11.6 Å². The van der Waals surface area contributed by atoms with E-state index < -0.39 is 0 Å². The summed E-state index contributed by atoms with van der Waals surface area (Å²) in [6.07, 6.45) is 1.57. The molecule has 1 aromatic heterocycles. The Balaban J connectivity index is 1.45. The number of carbonyl (C=O) groups is 1. The molecule has 0 fully saturated rings. The van der Waals surface area contributed by atoms with E-state index in [2.05, 4.69) is 48.6 Å². The molecule has 0 aliphatic heterocycles. The summed E-state index contributed by atoms with van der Waals surface area (Å²) in [4.78, 5) is 31.3. The second-order valence-electron chi connectivity index (χ2n) is 9.15. The summed E-state index contributed by atoms with van der Waals surface area (Å²) < 4.78 is 6.91. The van der Waals surface area contributed by atoms with Gasteiger partial charge in [-0.05, 0) is 65.6 Å². The van der Waals surface area contributed by atoms with Crippen LogP contribution in [0.1, 0.15) is 35.1 Å².